The molecule has 3 nitrogen and oxygen atoms in total. The SMILES string of the molecule is O=C1COC(c2c(F)cccc2Br)CN1. The van der Waals surface area contributed by atoms with Crippen molar-refractivity contribution in [3.63, 3.8) is 0 Å². The zero-order valence-electron chi connectivity index (χ0n) is 7.80. The van der Waals surface area contributed by atoms with Crippen molar-refractivity contribution >= 4 is 21.8 Å². The van der Waals surface area contributed by atoms with Gasteiger partial charge in [-0.3, -0.25) is 4.79 Å². The average molecular weight is 274 g/mol. The van der Waals surface area contributed by atoms with E-state index in [-0.39, 0.29) is 18.3 Å². The van der Waals surface area contributed by atoms with Gasteiger partial charge in [0.05, 0.1) is 0 Å². The molecule has 0 saturated carbocycles. The highest BCUT2D eigenvalue weighted by molar-refractivity contribution is 9.10. The molecule has 5 heteroatoms. The Hall–Kier alpha value is -0.940. The van der Waals surface area contributed by atoms with Crippen LogP contribution in [0.25, 0.3) is 0 Å². The lowest BCUT2D eigenvalue weighted by Gasteiger charge is -2.24. The van der Waals surface area contributed by atoms with Gasteiger partial charge in [-0.2, -0.15) is 0 Å². The van der Waals surface area contributed by atoms with Gasteiger partial charge >= 0.3 is 0 Å². The third kappa shape index (κ3) is 2.18. The smallest absolute Gasteiger partial charge is 0.246 e. The molecule has 1 atom stereocenters. The van der Waals surface area contributed by atoms with Crippen molar-refractivity contribution in [3.05, 3.63) is 34.1 Å². The maximum absolute atomic E-state index is 13.5. The fourth-order valence-corrected chi connectivity index (χ4v) is 2.09. The summed E-state index contributed by atoms with van der Waals surface area (Å²) in [5, 5.41) is 2.63. The first kappa shape index (κ1) is 10.6. The molecule has 2 rings (SSSR count). The maximum Gasteiger partial charge on any atom is 0.246 e. The largest absolute Gasteiger partial charge is 0.362 e. The van der Waals surface area contributed by atoms with E-state index in [2.05, 4.69) is 21.2 Å². The van der Waals surface area contributed by atoms with Gasteiger partial charge in [0.15, 0.2) is 0 Å². The molecule has 1 aromatic carbocycles. The van der Waals surface area contributed by atoms with Crippen molar-refractivity contribution in [1.29, 1.82) is 0 Å². The van der Waals surface area contributed by atoms with Crippen LogP contribution in [0.1, 0.15) is 11.7 Å². The first-order chi connectivity index (χ1) is 7.18. The van der Waals surface area contributed by atoms with Crippen molar-refractivity contribution in [2.75, 3.05) is 13.2 Å². The summed E-state index contributed by atoms with van der Waals surface area (Å²) in [6.45, 7) is 0.282. The fourth-order valence-electron chi connectivity index (χ4n) is 1.50. The summed E-state index contributed by atoms with van der Waals surface area (Å²) in [5.41, 5.74) is 0.456. The van der Waals surface area contributed by atoms with Gasteiger partial charge in [0.1, 0.15) is 18.5 Å². The Kier molecular flexibility index (Phi) is 3.02. The Morgan fingerprint density at radius 2 is 2.33 bits per heavy atom. The third-order valence-electron chi connectivity index (χ3n) is 2.22. The highest BCUT2D eigenvalue weighted by Crippen LogP contribution is 2.29. The van der Waals surface area contributed by atoms with Crippen LogP contribution in [0.5, 0.6) is 0 Å². The van der Waals surface area contributed by atoms with Crippen LogP contribution in [0.3, 0.4) is 0 Å². The predicted octanol–water partition coefficient (Wildman–Crippen LogP) is 1.78. The van der Waals surface area contributed by atoms with E-state index in [1.54, 1.807) is 12.1 Å². The van der Waals surface area contributed by atoms with Gasteiger partial charge < -0.3 is 10.1 Å². The lowest BCUT2D eigenvalue weighted by molar-refractivity contribution is -0.133. The molecule has 15 heavy (non-hydrogen) atoms. The average Bonchev–Trinajstić information content (AvgIpc) is 2.20. The molecule has 0 bridgehead atoms. The minimum absolute atomic E-state index is 0.0224. The van der Waals surface area contributed by atoms with Crippen molar-refractivity contribution in [2.45, 2.75) is 6.10 Å². The second-order valence-electron chi connectivity index (χ2n) is 3.24. The molecule has 1 heterocycles. The van der Waals surface area contributed by atoms with Crippen LogP contribution in [0.2, 0.25) is 0 Å². The van der Waals surface area contributed by atoms with Crippen molar-refractivity contribution in [1.82, 2.24) is 5.32 Å². The lowest BCUT2D eigenvalue weighted by Crippen LogP contribution is -2.39. The van der Waals surface area contributed by atoms with Crippen LogP contribution in [0, 0.1) is 5.82 Å². The first-order valence-corrected chi connectivity index (χ1v) is 5.30. The summed E-state index contributed by atoms with van der Waals surface area (Å²) in [4.78, 5) is 10.9. The third-order valence-corrected chi connectivity index (χ3v) is 2.91. The quantitative estimate of drug-likeness (QED) is 0.847. The minimum Gasteiger partial charge on any atom is -0.362 e. The molecule has 1 aliphatic heterocycles. The van der Waals surface area contributed by atoms with Gasteiger partial charge in [0.25, 0.3) is 0 Å². The second-order valence-corrected chi connectivity index (χ2v) is 4.09. The summed E-state index contributed by atoms with van der Waals surface area (Å²) in [6.07, 6.45) is -0.418. The zero-order chi connectivity index (χ0) is 10.8. The van der Waals surface area contributed by atoms with Crippen LogP contribution in [0.15, 0.2) is 22.7 Å². The number of halogens is 2. The summed E-state index contributed by atoms with van der Waals surface area (Å²) in [7, 11) is 0. The van der Waals surface area contributed by atoms with Gasteiger partial charge in [0.2, 0.25) is 5.91 Å². The monoisotopic (exact) mass is 273 g/mol. The summed E-state index contributed by atoms with van der Waals surface area (Å²) >= 11 is 3.27. The molecule has 1 N–H and O–H groups in total. The van der Waals surface area contributed by atoms with E-state index in [0.717, 1.165) is 0 Å². The number of amides is 1. The number of hydrogen-bond donors (Lipinski definition) is 1. The molecule has 1 saturated heterocycles. The minimum atomic E-state index is -0.418. The molecule has 0 radical (unpaired) electrons. The van der Waals surface area contributed by atoms with Crippen LogP contribution in [-0.2, 0) is 9.53 Å². The van der Waals surface area contributed by atoms with E-state index < -0.39 is 6.10 Å². The summed E-state index contributed by atoms with van der Waals surface area (Å²) in [6, 6.07) is 4.74. The number of ether oxygens (including phenoxy) is 1. The maximum atomic E-state index is 13.5. The highest BCUT2D eigenvalue weighted by atomic mass is 79.9. The van der Waals surface area contributed by atoms with E-state index >= 15 is 0 Å². The van der Waals surface area contributed by atoms with Crippen LogP contribution < -0.4 is 5.32 Å². The molecule has 0 aliphatic carbocycles. The highest BCUT2D eigenvalue weighted by Gasteiger charge is 2.24. The van der Waals surface area contributed by atoms with Crippen LogP contribution >= 0.6 is 15.9 Å². The molecular formula is C10H9BrFNO2. The molecule has 1 aromatic rings. The standard InChI is InChI=1S/C10H9BrFNO2/c11-6-2-1-3-7(12)10(6)8-4-13-9(14)5-15-8/h1-3,8H,4-5H2,(H,13,14). The van der Waals surface area contributed by atoms with E-state index in [0.29, 0.717) is 16.6 Å². The van der Waals surface area contributed by atoms with Crippen molar-refractivity contribution < 1.29 is 13.9 Å². The van der Waals surface area contributed by atoms with Crippen LogP contribution in [0.4, 0.5) is 4.39 Å². The number of morpholine rings is 1. The van der Waals surface area contributed by atoms with Gasteiger partial charge in [-0.05, 0) is 12.1 Å². The zero-order valence-corrected chi connectivity index (χ0v) is 9.38. The molecule has 1 unspecified atom stereocenters. The number of carbonyl (C=O) groups is 1. The topological polar surface area (TPSA) is 38.3 Å². The Morgan fingerprint density at radius 1 is 1.53 bits per heavy atom. The normalized spacial score (nSPS) is 21.2. The van der Waals surface area contributed by atoms with E-state index in [1.165, 1.54) is 6.07 Å². The Labute approximate surface area is 94.7 Å². The van der Waals surface area contributed by atoms with Gasteiger partial charge in [-0.15, -0.1) is 0 Å². The molecule has 1 fully saturated rings. The summed E-state index contributed by atoms with van der Waals surface area (Å²) < 4.78 is 19.4. The number of hydrogen-bond acceptors (Lipinski definition) is 2. The van der Waals surface area contributed by atoms with Crippen molar-refractivity contribution in [3.8, 4) is 0 Å². The van der Waals surface area contributed by atoms with E-state index in [9.17, 15) is 9.18 Å². The molecule has 1 amide bonds. The van der Waals surface area contributed by atoms with Crippen molar-refractivity contribution in [2.24, 2.45) is 0 Å². The number of nitrogens with one attached hydrogen (secondary N) is 1. The number of carbonyl (C=O) groups excluding carboxylic acids is 1. The first-order valence-electron chi connectivity index (χ1n) is 4.50. The van der Waals surface area contributed by atoms with Gasteiger partial charge in [-0.1, -0.05) is 22.0 Å². The molecular weight excluding hydrogens is 265 g/mol. The van der Waals surface area contributed by atoms with Gasteiger partial charge in [-0.25, -0.2) is 4.39 Å². The number of rotatable bonds is 1. The molecule has 0 aromatic heterocycles. The second kappa shape index (κ2) is 4.28. The van der Waals surface area contributed by atoms with Crippen LogP contribution in [-0.4, -0.2) is 19.1 Å². The Balaban J connectivity index is 2.26. The summed E-state index contributed by atoms with van der Waals surface area (Å²) in [5.74, 6) is -0.496. The Morgan fingerprint density at radius 3 is 2.93 bits per heavy atom. The van der Waals surface area contributed by atoms with E-state index in [4.69, 9.17) is 4.74 Å². The van der Waals surface area contributed by atoms with Gasteiger partial charge in [0, 0.05) is 16.6 Å². The molecule has 1 aliphatic rings. The fraction of sp³-hybridized carbons (Fsp3) is 0.300. The lowest BCUT2D eigenvalue weighted by atomic mass is 10.1. The predicted molar refractivity (Wildman–Crippen MR) is 55.8 cm³/mol. The van der Waals surface area contributed by atoms with E-state index in [1.807, 2.05) is 0 Å². The Bertz CT molecular complexity index is 367. The molecule has 80 valence electrons. The number of benzene rings is 1. The molecule has 0 spiro atoms.